The molecule has 0 aromatic heterocycles. The zero-order chi connectivity index (χ0) is 73.1. The molecule has 18 nitrogen and oxygen atoms in total. The van der Waals surface area contributed by atoms with Crippen molar-refractivity contribution in [2.24, 2.45) is 16.5 Å². The molecule has 6 rings (SSSR count). The Morgan fingerprint density at radius 3 is 1.41 bits per heavy atom. The van der Waals surface area contributed by atoms with Crippen LogP contribution in [0.25, 0.3) is 0 Å². The van der Waals surface area contributed by atoms with E-state index in [1.807, 2.05) is 99.0 Å². The highest BCUT2D eigenvalue weighted by Crippen LogP contribution is 2.71. The molecule has 6 N–H and O–H groups in total. The van der Waals surface area contributed by atoms with E-state index in [0.717, 1.165) is 47.9 Å². The van der Waals surface area contributed by atoms with Gasteiger partial charge in [-0.15, -0.1) is 0 Å². The summed E-state index contributed by atoms with van der Waals surface area (Å²) in [7, 11) is -6.80. The van der Waals surface area contributed by atoms with Crippen molar-refractivity contribution in [2.45, 2.75) is 98.8 Å². The molecule has 4 aromatic rings. The molecular weight excluding hydrogens is 1510 g/mol. The molecule has 0 aliphatic carbocycles. The van der Waals surface area contributed by atoms with Crippen LogP contribution in [0.1, 0.15) is 114 Å². The minimum absolute atomic E-state index is 0. The van der Waals surface area contributed by atoms with E-state index in [1.54, 1.807) is 54.4 Å². The van der Waals surface area contributed by atoms with Crippen molar-refractivity contribution in [3.05, 3.63) is 137 Å². The fourth-order valence-corrected chi connectivity index (χ4v) is 18.4. The molecule has 6 atom stereocenters. The summed E-state index contributed by atoms with van der Waals surface area (Å²) in [6, 6.07) is 29.7. The van der Waals surface area contributed by atoms with Gasteiger partial charge in [-0.05, 0) is 136 Å². The Bertz CT molecular complexity index is 3080. The molecule has 2 heterocycles. The van der Waals surface area contributed by atoms with Gasteiger partial charge in [0.15, 0.2) is 29.9 Å². The highest BCUT2D eigenvalue weighted by molar-refractivity contribution is 9.11. The highest BCUT2D eigenvalue weighted by Gasteiger charge is 2.58. The Morgan fingerprint density at radius 2 is 1.10 bits per heavy atom. The van der Waals surface area contributed by atoms with E-state index in [2.05, 4.69) is 86.2 Å². The number of rotatable bonds is 15. The second kappa shape index (κ2) is 39.8. The van der Waals surface area contributed by atoms with Gasteiger partial charge in [-0.25, -0.2) is 4.99 Å². The first-order valence-electron chi connectivity index (χ1n) is 28.6. The number of nitrogens with two attached hydrogens (primary N) is 2. The number of aliphatic imine (C=N–C) groups is 1. The quantitative estimate of drug-likeness (QED) is 0.0374. The maximum Gasteiger partial charge on any atom is 0.354 e. The van der Waals surface area contributed by atoms with Gasteiger partial charge in [0.1, 0.15) is 10.7 Å². The third kappa shape index (κ3) is 21.0. The van der Waals surface area contributed by atoms with Crippen LogP contribution in [-0.2, 0) is 65.7 Å². The lowest BCUT2D eigenvalue weighted by Crippen LogP contribution is -2.35. The molecule has 0 amide bonds. The normalized spacial score (nSPS) is 22.2. The van der Waals surface area contributed by atoms with E-state index in [1.165, 1.54) is 50.1 Å². The standard InChI is InChI=1S/C12H17BrN3O2P.C12H16BrN2O2PS.C11H13BrNO3PS.C10H15BrNO3P.CCl2S.CH4O.5CH4/c1-4-16-11(14)15-12(2,19(16,17)18-3)9-5-7-10(13)8-6-9;1-4-15-11(19)14-12(2,18(15,16)17-3)9-5-7-10(13)8-6-9;1-11(18-8-13,17(14,15-2)16-3)9-4-6-10(12)7-5-9;1-10(12,16(13,14-2)15-3)8-4-6-9(11)7-5-8;2-1(3)4;1-2;;;;;/h5-8H,4H2,1-3H3,(H2,14,15);5-8H,4H2,1-3H3,(H,14,19);4-7H,1-3H3;4-7H,12H2,1-3H3;;2H,1H3;5*1H4/i;;;;;;1T4;1T3;1T2;1T;. The van der Waals surface area contributed by atoms with Crippen LogP contribution >= 0.6 is 153 Å². The number of guanidine groups is 1. The van der Waals surface area contributed by atoms with Crippen molar-refractivity contribution in [1.29, 1.82) is 5.26 Å². The lowest BCUT2D eigenvalue weighted by molar-refractivity contribution is 0.249. The van der Waals surface area contributed by atoms with Crippen LogP contribution in [0.3, 0.4) is 0 Å². The third-order valence-electron chi connectivity index (χ3n) is 11.9. The summed E-state index contributed by atoms with van der Waals surface area (Å²) in [5, 5.41) is 18.6. The molecule has 1 saturated heterocycles. The number of hydrogen-bond acceptors (Lipinski definition) is 18. The van der Waals surface area contributed by atoms with Crippen LogP contribution in [0.2, 0.25) is 0 Å². The fraction of sp³-hybridized carbons (Fsp3) is 0.462. The molecule has 2 aliphatic rings. The third-order valence-corrected chi connectivity index (χ3v) is 27.0. The van der Waals surface area contributed by atoms with Crippen LogP contribution in [0, 0.1) is 10.7 Å². The molecule has 474 valence electrons. The molecule has 0 spiro atoms. The highest BCUT2D eigenvalue weighted by atomic mass is 79.9. The van der Waals surface area contributed by atoms with E-state index >= 15 is 0 Å². The van der Waals surface area contributed by atoms with Crippen molar-refractivity contribution in [2.75, 3.05) is 62.9 Å². The Kier molecular flexibility index (Phi) is 34.0. The SMILES string of the molecule is C.CCN1C(=S)NC(C)(c2ccc(Br)cc2)P1(=O)OC.CCN1C(N)=NC(C)(c2ccc(Br)cc2)P1(=O)OC.CO.COP(=O)(OC)C(C)(N)c1ccc(Br)cc1.COP(=O)(OC)C(C)(SC#N)c1ccc(Br)cc1.S=C(Cl)Cl.[3H]C.[3H]C([3H])([3H])[3H].[3H]C([3H])[3H].[3H]C[3H]. The van der Waals surface area contributed by atoms with Crippen molar-refractivity contribution in [3.63, 3.8) is 0 Å². The van der Waals surface area contributed by atoms with Gasteiger partial charge < -0.3 is 49.0 Å². The average molecular weight is 1610 g/mol. The van der Waals surface area contributed by atoms with Gasteiger partial charge in [0.05, 0.1) is 0 Å². The number of hydrogen-bond donors (Lipinski definition) is 4. The Balaban J connectivity index is -0.000000336. The summed E-state index contributed by atoms with van der Waals surface area (Å²) in [4.78, 5) is 4.41. The minimum atomic E-state index is -3.43. The van der Waals surface area contributed by atoms with Crippen LogP contribution in [0.4, 0.5) is 0 Å². The Morgan fingerprint density at radius 1 is 0.771 bits per heavy atom. The maximum absolute atomic E-state index is 13.2. The number of benzene rings is 4. The first kappa shape index (κ1) is 71.0. The first-order chi connectivity index (χ1) is 42.5. The second-order valence-electron chi connectivity index (χ2n) is 16.1. The largest absolute Gasteiger partial charge is 0.400 e. The summed E-state index contributed by atoms with van der Waals surface area (Å²) in [5.41, 5.74) is 15.1. The van der Waals surface area contributed by atoms with Crippen LogP contribution < -0.4 is 16.8 Å². The molecule has 2 aliphatic heterocycles. The molecule has 4 aromatic carbocycles. The Labute approximate surface area is 568 Å². The zero-order valence-corrected chi connectivity index (χ0v) is 61.6. The van der Waals surface area contributed by atoms with Crippen molar-refractivity contribution in [3.8, 4) is 5.40 Å². The summed E-state index contributed by atoms with van der Waals surface area (Å²) in [5.74, 6) is 0.262. The number of nitriles is 1. The molecule has 83 heavy (non-hydrogen) atoms. The van der Waals surface area contributed by atoms with Gasteiger partial charge in [0, 0.05) is 94.5 Å². The van der Waals surface area contributed by atoms with Crippen LogP contribution in [0.15, 0.2) is 120 Å². The van der Waals surface area contributed by atoms with Crippen molar-refractivity contribution >= 4 is 168 Å². The van der Waals surface area contributed by atoms with Gasteiger partial charge in [-0.1, -0.05) is 185 Å². The topological polar surface area (TPSA) is 251 Å². The van der Waals surface area contributed by atoms with E-state index in [0.29, 0.717) is 29.3 Å². The number of thiocyanates is 1. The average Bonchev–Trinajstić information content (AvgIpc) is 1.62. The number of aliphatic hydroxyl groups excluding tert-OH is 1. The predicted octanol–water partition coefficient (Wildman–Crippen LogP) is 18.7. The molecule has 31 heteroatoms. The van der Waals surface area contributed by atoms with Gasteiger partial charge in [0.25, 0.3) is 0 Å². The number of aliphatic hydroxyl groups is 1. The molecule has 0 saturated carbocycles. The van der Waals surface area contributed by atoms with Crippen LogP contribution in [-0.4, -0.2) is 92.2 Å². The summed E-state index contributed by atoms with van der Waals surface area (Å²) >= 11 is 33.2. The van der Waals surface area contributed by atoms with Crippen molar-refractivity contribution in [1.82, 2.24) is 14.7 Å². The lowest BCUT2D eigenvalue weighted by Gasteiger charge is -2.32. The summed E-state index contributed by atoms with van der Waals surface area (Å²) in [6.07, 6.45) is 0. The number of thiocarbonyl (C=S) groups is 2. The fourth-order valence-electron chi connectivity index (χ4n) is 7.60. The number of thioether (sulfide) groups is 1. The van der Waals surface area contributed by atoms with Gasteiger partial charge >= 0.3 is 30.2 Å². The molecule has 0 bridgehead atoms. The molecule has 1 fully saturated rings. The minimum Gasteiger partial charge on any atom is -0.400 e. The van der Waals surface area contributed by atoms with E-state index < -0.39 is 65.2 Å². The summed E-state index contributed by atoms with van der Waals surface area (Å²) < 4.78 is 147. The maximum atomic E-state index is 13.2. The predicted molar refractivity (Wildman–Crippen MR) is 374 cm³/mol. The monoisotopic (exact) mass is 1610 g/mol. The molecule has 0 radical (unpaired) electrons. The molecule has 6 unspecified atom stereocenters. The van der Waals surface area contributed by atoms with Crippen LogP contribution in [0.5, 0.6) is 0 Å². The number of nitrogens with zero attached hydrogens (tertiary/aromatic N) is 4. The second-order valence-corrected chi connectivity index (χ2v) is 34.3. The number of nitrogens with one attached hydrogen (secondary N) is 1. The zero-order valence-electron chi connectivity index (χ0n) is 57.7. The smallest absolute Gasteiger partial charge is 0.354 e. The summed E-state index contributed by atoms with van der Waals surface area (Å²) in [6.45, 7) is 11.8. The van der Waals surface area contributed by atoms with E-state index in [-0.39, 0.29) is 24.5 Å². The Hall–Kier alpha value is -1.13. The van der Waals surface area contributed by atoms with Gasteiger partial charge in [0.2, 0.25) is 0 Å². The number of halogens is 6. The first-order valence-corrected chi connectivity index (χ1v) is 34.3. The van der Waals surface area contributed by atoms with Crippen molar-refractivity contribution < 1.29 is 64.2 Å². The van der Waals surface area contributed by atoms with E-state index in [4.69, 9.17) is 98.1 Å². The van der Waals surface area contributed by atoms with Gasteiger partial charge in [-0.3, -0.25) is 27.6 Å². The van der Waals surface area contributed by atoms with Gasteiger partial charge in [-0.2, -0.15) is 5.26 Å². The molecular formula is C52H85Br4Cl2N7O11P4S3. The van der Waals surface area contributed by atoms with E-state index in [9.17, 15) is 18.3 Å². The lowest BCUT2D eigenvalue weighted by atomic mass is 10.1.